The van der Waals surface area contributed by atoms with Gasteiger partial charge in [-0.15, -0.1) is 11.3 Å². The Bertz CT molecular complexity index is 878. The quantitative estimate of drug-likeness (QED) is 0.703. The van der Waals surface area contributed by atoms with Crippen molar-refractivity contribution in [1.29, 1.82) is 0 Å². The van der Waals surface area contributed by atoms with E-state index < -0.39 is 0 Å². The number of nitrogens with one attached hydrogen (secondary N) is 2. The van der Waals surface area contributed by atoms with Gasteiger partial charge >= 0.3 is 0 Å². The first-order valence-corrected chi connectivity index (χ1v) is 9.66. The lowest BCUT2D eigenvalue weighted by Gasteiger charge is -2.33. The van der Waals surface area contributed by atoms with Gasteiger partial charge in [-0.1, -0.05) is 19.9 Å². The van der Waals surface area contributed by atoms with Gasteiger partial charge in [-0.2, -0.15) is 0 Å². The first-order valence-electron chi connectivity index (χ1n) is 8.78. The smallest absolute Gasteiger partial charge is 0.163 e. The molecule has 4 rings (SSSR count). The van der Waals surface area contributed by atoms with Gasteiger partial charge in [-0.25, -0.2) is 0 Å². The molecule has 2 aliphatic rings. The Kier molecular flexibility index (Phi) is 3.76. The molecule has 130 valence electrons. The van der Waals surface area contributed by atoms with Crippen molar-refractivity contribution in [2.75, 3.05) is 10.6 Å². The van der Waals surface area contributed by atoms with Crippen LogP contribution in [0.25, 0.3) is 0 Å². The molecule has 0 saturated heterocycles. The molecule has 0 amide bonds. The lowest BCUT2D eigenvalue weighted by Crippen LogP contribution is -2.31. The number of carbonyl (C=O) groups is 1. The summed E-state index contributed by atoms with van der Waals surface area (Å²) in [4.78, 5) is 14.2. The number of anilines is 2. The van der Waals surface area contributed by atoms with E-state index in [1.165, 1.54) is 16.0 Å². The van der Waals surface area contributed by atoms with Crippen molar-refractivity contribution < 1.29 is 4.79 Å². The van der Waals surface area contributed by atoms with Crippen LogP contribution in [0.5, 0.6) is 0 Å². The molecule has 1 aromatic carbocycles. The van der Waals surface area contributed by atoms with Gasteiger partial charge in [0.2, 0.25) is 0 Å². The molecular weight excluding hydrogens is 328 g/mol. The first kappa shape index (κ1) is 16.4. The third-order valence-electron chi connectivity index (χ3n) is 5.26. The molecule has 0 saturated carbocycles. The summed E-state index contributed by atoms with van der Waals surface area (Å²) < 4.78 is 0. The fraction of sp³-hybridized carbons (Fsp3) is 0.381. The lowest BCUT2D eigenvalue weighted by atomic mass is 9.74. The summed E-state index contributed by atoms with van der Waals surface area (Å²) in [6.45, 7) is 8.61. The third kappa shape index (κ3) is 2.89. The fourth-order valence-electron chi connectivity index (χ4n) is 3.88. The number of benzene rings is 1. The molecule has 1 aliphatic heterocycles. The van der Waals surface area contributed by atoms with Crippen molar-refractivity contribution in [3.8, 4) is 0 Å². The van der Waals surface area contributed by atoms with E-state index in [1.807, 2.05) is 0 Å². The Morgan fingerprint density at radius 2 is 1.84 bits per heavy atom. The molecule has 1 aliphatic carbocycles. The van der Waals surface area contributed by atoms with Crippen LogP contribution in [0, 0.1) is 19.3 Å². The summed E-state index contributed by atoms with van der Waals surface area (Å²) in [5.41, 5.74) is 6.63. The predicted octanol–water partition coefficient (Wildman–Crippen LogP) is 5.59. The van der Waals surface area contributed by atoms with Crippen LogP contribution in [0.1, 0.15) is 48.7 Å². The number of allylic oxidation sites excluding steroid dienone is 1. The molecule has 0 fully saturated rings. The highest BCUT2D eigenvalue weighted by Crippen LogP contribution is 2.46. The minimum absolute atomic E-state index is 0.00678. The van der Waals surface area contributed by atoms with Crippen molar-refractivity contribution >= 4 is 28.5 Å². The number of fused-ring (bicyclic) bond motifs is 1. The van der Waals surface area contributed by atoms with Crippen molar-refractivity contribution in [1.82, 2.24) is 0 Å². The van der Waals surface area contributed by atoms with Gasteiger partial charge in [0.25, 0.3) is 0 Å². The molecule has 1 aromatic heterocycles. The van der Waals surface area contributed by atoms with Crippen molar-refractivity contribution in [2.24, 2.45) is 5.41 Å². The number of carbonyl (C=O) groups excluding carboxylic acids is 1. The molecule has 0 bridgehead atoms. The molecule has 4 heteroatoms. The second-order valence-electron chi connectivity index (χ2n) is 8.03. The maximum absolute atomic E-state index is 13.1. The van der Waals surface area contributed by atoms with Gasteiger partial charge in [-0.05, 0) is 60.4 Å². The van der Waals surface area contributed by atoms with Crippen LogP contribution in [-0.4, -0.2) is 5.78 Å². The Balaban J connectivity index is 1.90. The Labute approximate surface area is 153 Å². The van der Waals surface area contributed by atoms with Crippen LogP contribution in [0.2, 0.25) is 0 Å². The standard InChI is InChI=1S/C21H24N2OS/c1-12-8-14-15(9-13(12)2)23-20(18-6-5-7-25-18)19-16(22-14)10-21(3,4)11-17(19)24/h5-9,20,22-23H,10-11H2,1-4H3. The molecular formula is C21H24N2OS. The number of ketones is 1. The number of hydrogen-bond donors (Lipinski definition) is 2. The highest BCUT2D eigenvalue weighted by atomic mass is 32.1. The maximum atomic E-state index is 13.1. The van der Waals surface area contributed by atoms with Gasteiger partial charge in [-0.3, -0.25) is 4.79 Å². The molecule has 0 radical (unpaired) electrons. The average Bonchev–Trinajstić information content (AvgIpc) is 2.98. The topological polar surface area (TPSA) is 41.1 Å². The predicted molar refractivity (Wildman–Crippen MR) is 105 cm³/mol. The van der Waals surface area contributed by atoms with Gasteiger partial charge in [0.15, 0.2) is 5.78 Å². The third-order valence-corrected chi connectivity index (χ3v) is 6.19. The summed E-state index contributed by atoms with van der Waals surface area (Å²) in [6, 6.07) is 8.47. The first-order chi connectivity index (χ1) is 11.8. The maximum Gasteiger partial charge on any atom is 0.163 e. The monoisotopic (exact) mass is 352 g/mol. The molecule has 2 N–H and O–H groups in total. The van der Waals surface area contributed by atoms with Gasteiger partial charge in [0, 0.05) is 22.6 Å². The van der Waals surface area contributed by atoms with Crippen LogP contribution in [0.15, 0.2) is 40.9 Å². The normalized spacial score (nSPS) is 21.8. The second-order valence-corrected chi connectivity index (χ2v) is 9.01. The SMILES string of the molecule is Cc1cc2c(cc1C)NC(c1cccs1)C1=C(CC(C)(C)CC1=O)N2. The molecule has 2 heterocycles. The van der Waals surface area contributed by atoms with E-state index >= 15 is 0 Å². The molecule has 1 unspecified atom stereocenters. The number of thiophene rings is 1. The molecule has 25 heavy (non-hydrogen) atoms. The summed E-state index contributed by atoms with van der Waals surface area (Å²) in [6.07, 6.45) is 1.50. The summed E-state index contributed by atoms with van der Waals surface area (Å²) in [7, 11) is 0. The molecule has 2 aromatic rings. The number of Topliss-reactive ketones (excluding diaryl/α,β-unsaturated/α-hetero) is 1. The van der Waals surface area contributed by atoms with Crippen molar-refractivity contribution in [3.05, 3.63) is 56.9 Å². The van der Waals surface area contributed by atoms with Crippen LogP contribution in [0.3, 0.4) is 0 Å². The summed E-state index contributed by atoms with van der Waals surface area (Å²) in [5, 5.41) is 9.34. The lowest BCUT2D eigenvalue weighted by molar-refractivity contribution is -0.118. The van der Waals surface area contributed by atoms with E-state index in [9.17, 15) is 4.79 Å². The largest absolute Gasteiger partial charge is 0.372 e. The molecule has 0 spiro atoms. The van der Waals surface area contributed by atoms with Crippen LogP contribution >= 0.6 is 11.3 Å². The van der Waals surface area contributed by atoms with Gasteiger partial charge < -0.3 is 10.6 Å². The zero-order valence-corrected chi connectivity index (χ0v) is 16.0. The average molecular weight is 353 g/mol. The van der Waals surface area contributed by atoms with E-state index in [0.29, 0.717) is 6.42 Å². The second kappa shape index (κ2) is 5.73. The fourth-order valence-corrected chi connectivity index (χ4v) is 4.66. The van der Waals surface area contributed by atoms with Crippen molar-refractivity contribution in [3.63, 3.8) is 0 Å². The van der Waals surface area contributed by atoms with Crippen LogP contribution in [-0.2, 0) is 4.79 Å². The summed E-state index contributed by atoms with van der Waals surface area (Å²) in [5.74, 6) is 0.255. The van der Waals surface area contributed by atoms with E-state index in [0.717, 1.165) is 29.1 Å². The zero-order chi connectivity index (χ0) is 17.8. The molecule has 3 nitrogen and oxygen atoms in total. The number of hydrogen-bond acceptors (Lipinski definition) is 4. The van der Waals surface area contributed by atoms with Crippen LogP contribution < -0.4 is 10.6 Å². The summed E-state index contributed by atoms with van der Waals surface area (Å²) >= 11 is 1.70. The Hall–Kier alpha value is -2.07. The number of aryl methyl sites for hydroxylation is 2. The Morgan fingerprint density at radius 3 is 2.52 bits per heavy atom. The zero-order valence-electron chi connectivity index (χ0n) is 15.2. The van der Waals surface area contributed by atoms with E-state index in [-0.39, 0.29) is 17.2 Å². The molecule has 1 atom stereocenters. The highest BCUT2D eigenvalue weighted by Gasteiger charge is 2.39. The Morgan fingerprint density at radius 1 is 1.12 bits per heavy atom. The minimum Gasteiger partial charge on any atom is -0.372 e. The van der Waals surface area contributed by atoms with E-state index in [4.69, 9.17) is 0 Å². The highest BCUT2D eigenvalue weighted by molar-refractivity contribution is 7.10. The van der Waals surface area contributed by atoms with Gasteiger partial charge in [0.1, 0.15) is 0 Å². The van der Waals surface area contributed by atoms with E-state index in [1.54, 1.807) is 11.3 Å². The van der Waals surface area contributed by atoms with Gasteiger partial charge in [0.05, 0.1) is 17.4 Å². The van der Waals surface area contributed by atoms with E-state index in [2.05, 4.69) is 68.0 Å². The number of rotatable bonds is 1. The minimum atomic E-state index is -0.0746. The van der Waals surface area contributed by atoms with Crippen LogP contribution in [0.4, 0.5) is 11.4 Å². The van der Waals surface area contributed by atoms with Crippen molar-refractivity contribution in [2.45, 2.75) is 46.6 Å².